The molecule has 4 heteroatoms. The van der Waals surface area contributed by atoms with Crippen molar-refractivity contribution in [3.63, 3.8) is 0 Å². The van der Waals surface area contributed by atoms with Gasteiger partial charge >= 0.3 is 0 Å². The standard InChI is InChI=1S/C16H17Cl2NO/c1-3-19-10-11-8-13(20-2)5-6-14(11)15-9-12(17)4-7-16(15)18/h4-9,19H,3,10H2,1-2H3. The molecule has 2 aromatic rings. The van der Waals surface area contributed by atoms with E-state index in [1.807, 2.05) is 30.3 Å². The number of methoxy groups -OCH3 is 1. The average molecular weight is 310 g/mol. The summed E-state index contributed by atoms with van der Waals surface area (Å²) >= 11 is 12.4. The van der Waals surface area contributed by atoms with Gasteiger partial charge in [0, 0.05) is 22.2 Å². The van der Waals surface area contributed by atoms with Crippen LogP contribution in [-0.2, 0) is 6.54 Å². The molecule has 106 valence electrons. The molecule has 0 aliphatic heterocycles. The first-order valence-corrected chi connectivity index (χ1v) is 7.24. The highest BCUT2D eigenvalue weighted by atomic mass is 35.5. The lowest BCUT2D eigenvalue weighted by Gasteiger charge is -2.13. The Morgan fingerprint density at radius 1 is 1.05 bits per heavy atom. The second-order valence-corrected chi connectivity index (χ2v) is 5.27. The molecule has 0 unspecified atom stereocenters. The highest BCUT2D eigenvalue weighted by molar-refractivity contribution is 6.35. The zero-order valence-electron chi connectivity index (χ0n) is 11.5. The predicted octanol–water partition coefficient (Wildman–Crippen LogP) is 4.78. The number of rotatable bonds is 5. The molecule has 0 aliphatic carbocycles. The van der Waals surface area contributed by atoms with Crippen LogP contribution in [0.1, 0.15) is 12.5 Å². The van der Waals surface area contributed by atoms with E-state index in [-0.39, 0.29) is 0 Å². The lowest BCUT2D eigenvalue weighted by Crippen LogP contribution is -2.12. The van der Waals surface area contributed by atoms with Crippen molar-refractivity contribution in [2.45, 2.75) is 13.5 Å². The number of benzene rings is 2. The van der Waals surface area contributed by atoms with Gasteiger partial charge in [-0.3, -0.25) is 0 Å². The van der Waals surface area contributed by atoms with E-state index in [4.69, 9.17) is 27.9 Å². The Labute approximate surface area is 129 Å². The average Bonchev–Trinajstić information content (AvgIpc) is 2.47. The van der Waals surface area contributed by atoms with Crippen molar-refractivity contribution in [1.82, 2.24) is 5.32 Å². The highest BCUT2D eigenvalue weighted by Crippen LogP contribution is 2.34. The van der Waals surface area contributed by atoms with Crippen LogP contribution in [0.3, 0.4) is 0 Å². The van der Waals surface area contributed by atoms with Crippen LogP contribution in [0.15, 0.2) is 36.4 Å². The third-order valence-corrected chi connectivity index (χ3v) is 3.66. The Hall–Kier alpha value is -1.22. The number of ether oxygens (including phenoxy) is 1. The normalized spacial score (nSPS) is 10.6. The van der Waals surface area contributed by atoms with Crippen LogP contribution in [-0.4, -0.2) is 13.7 Å². The third-order valence-electron chi connectivity index (χ3n) is 3.10. The smallest absolute Gasteiger partial charge is 0.119 e. The zero-order chi connectivity index (χ0) is 14.5. The Bertz CT molecular complexity index is 599. The van der Waals surface area contributed by atoms with Crippen LogP contribution in [0, 0.1) is 0 Å². The summed E-state index contributed by atoms with van der Waals surface area (Å²) in [6.07, 6.45) is 0. The monoisotopic (exact) mass is 309 g/mol. The molecule has 0 saturated heterocycles. The summed E-state index contributed by atoms with van der Waals surface area (Å²) in [4.78, 5) is 0. The van der Waals surface area contributed by atoms with E-state index in [0.717, 1.165) is 35.5 Å². The second-order valence-electron chi connectivity index (χ2n) is 4.43. The summed E-state index contributed by atoms with van der Waals surface area (Å²) < 4.78 is 5.29. The molecule has 2 rings (SSSR count). The topological polar surface area (TPSA) is 21.3 Å². The molecular formula is C16H17Cl2NO. The molecular weight excluding hydrogens is 293 g/mol. The summed E-state index contributed by atoms with van der Waals surface area (Å²) in [5.74, 6) is 0.833. The number of nitrogens with one attached hydrogen (secondary N) is 1. The minimum atomic E-state index is 0.676. The summed E-state index contributed by atoms with van der Waals surface area (Å²) in [5.41, 5.74) is 3.14. The maximum absolute atomic E-state index is 6.30. The molecule has 1 N–H and O–H groups in total. The molecule has 0 saturated carbocycles. The fourth-order valence-electron chi connectivity index (χ4n) is 2.07. The van der Waals surface area contributed by atoms with E-state index in [9.17, 15) is 0 Å². The van der Waals surface area contributed by atoms with Gasteiger partial charge in [0.25, 0.3) is 0 Å². The van der Waals surface area contributed by atoms with E-state index in [1.165, 1.54) is 0 Å². The van der Waals surface area contributed by atoms with Gasteiger partial charge in [-0.15, -0.1) is 0 Å². The van der Waals surface area contributed by atoms with E-state index in [1.54, 1.807) is 13.2 Å². The van der Waals surface area contributed by atoms with Gasteiger partial charge in [0.05, 0.1) is 7.11 Å². The second kappa shape index (κ2) is 6.98. The fraction of sp³-hybridized carbons (Fsp3) is 0.250. The molecule has 2 aromatic carbocycles. The number of halogens is 2. The first kappa shape index (κ1) is 15.2. The van der Waals surface area contributed by atoms with Crippen LogP contribution in [0.2, 0.25) is 10.0 Å². The maximum atomic E-state index is 6.30. The fourth-order valence-corrected chi connectivity index (χ4v) is 2.46. The van der Waals surface area contributed by atoms with E-state index in [2.05, 4.69) is 12.2 Å². The van der Waals surface area contributed by atoms with Gasteiger partial charge in [-0.25, -0.2) is 0 Å². The molecule has 20 heavy (non-hydrogen) atoms. The minimum Gasteiger partial charge on any atom is -0.497 e. The molecule has 0 amide bonds. The molecule has 0 aromatic heterocycles. The Morgan fingerprint density at radius 2 is 1.85 bits per heavy atom. The lowest BCUT2D eigenvalue weighted by atomic mass is 9.99. The van der Waals surface area contributed by atoms with Gasteiger partial charge in [-0.2, -0.15) is 0 Å². The van der Waals surface area contributed by atoms with Crippen molar-refractivity contribution in [1.29, 1.82) is 0 Å². The minimum absolute atomic E-state index is 0.676. The SMILES string of the molecule is CCNCc1cc(OC)ccc1-c1cc(Cl)ccc1Cl. The van der Waals surface area contributed by atoms with Crippen molar-refractivity contribution in [3.8, 4) is 16.9 Å². The van der Waals surface area contributed by atoms with Gasteiger partial charge in [-0.05, 0) is 48.0 Å². The van der Waals surface area contributed by atoms with Crippen LogP contribution in [0.25, 0.3) is 11.1 Å². The number of hydrogen-bond donors (Lipinski definition) is 1. The van der Waals surface area contributed by atoms with Crippen LogP contribution >= 0.6 is 23.2 Å². The van der Waals surface area contributed by atoms with E-state index < -0.39 is 0 Å². The Balaban J connectivity index is 2.51. The van der Waals surface area contributed by atoms with Crippen LogP contribution in [0.5, 0.6) is 5.75 Å². The molecule has 0 atom stereocenters. The molecule has 0 heterocycles. The molecule has 0 radical (unpaired) electrons. The molecule has 0 spiro atoms. The predicted molar refractivity (Wildman–Crippen MR) is 85.8 cm³/mol. The maximum Gasteiger partial charge on any atom is 0.119 e. The molecule has 0 aliphatic rings. The first-order valence-electron chi connectivity index (χ1n) is 6.48. The van der Waals surface area contributed by atoms with Crippen molar-refractivity contribution < 1.29 is 4.74 Å². The number of hydrogen-bond acceptors (Lipinski definition) is 2. The van der Waals surface area contributed by atoms with E-state index >= 15 is 0 Å². The van der Waals surface area contributed by atoms with Gasteiger partial charge in [0.1, 0.15) is 5.75 Å². The van der Waals surface area contributed by atoms with Crippen molar-refractivity contribution >= 4 is 23.2 Å². The van der Waals surface area contributed by atoms with Crippen LogP contribution < -0.4 is 10.1 Å². The molecule has 2 nitrogen and oxygen atoms in total. The Morgan fingerprint density at radius 3 is 2.55 bits per heavy atom. The molecule has 0 fully saturated rings. The van der Waals surface area contributed by atoms with Gasteiger partial charge < -0.3 is 10.1 Å². The summed E-state index contributed by atoms with van der Waals surface area (Å²) in [5, 5.41) is 4.70. The van der Waals surface area contributed by atoms with Gasteiger partial charge in [-0.1, -0.05) is 36.2 Å². The van der Waals surface area contributed by atoms with Crippen LogP contribution in [0.4, 0.5) is 0 Å². The Kier molecular flexibility index (Phi) is 5.30. The van der Waals surface area contributed by atoms with Gasteiger partial charge in [0.15, 0.2) is 0 Å². The zero-order valence-corrected chi connectivity index (χ0v) is 13.1. The molecule has 0 bridgehead atoms. The quantitative estimate of drug-likeness (QED) is 0.858. The lowest BCUT2D eigenvalue weighted by molar-refractivity contribution is 0.414. The van der Waals surface area contributed by atoms with Crippen molar-refractivity contribution in [2.24, 2.45) is 0 Å². The first-order chi connectivity index (χ1) is 9.65. The van der Waals surface area contributed by atoms with Gasteiger partial charge in [0.2, 0.25) is 0 Å². The summed E-state index contributed by atoms with van der Waals surface area (Å²) in [6, 6.07) is 11.5. The largest absolute Gasteiger partial charge is 0.497 e. The van der Waals surface area contributed by atoms with Crippen molar-refractivity contribution in [3.05, 3.63) is 52.0 Å². The highest BCUT2D eigenvalue weighted by Gasteiger charge is 2.10. The van der Waals surface area contributed by atoms with E-state index in [0.29, 0.717) is 10.0 Å². The van der Waals surface area contributed by atoms with Crippen molar-refractivity contribution in [2.75, 3.05) is 13.7 Å². The summed E-state index contributed by atoms with van der Waals surface area (Å²) in [7, 11) is 1.67. The third kappa shape index (κ3) is 3.45. The summed E-state index contributed by atoms with van der Waals surface area (Å²) in [6.45, 7) is 3.73.